The van der Waals surface area contributed by atoms with Crippen LogP contribution >= 0.6 is 23.2 Å². The van der Waals surface area contributed by atoms with Crippen LogP contribution in [-0.2, 0) is 6.61 Å². The Hall–Kier alpha value is -1.89. The number of hydrogen-bond acceptors (Lipinski definition) is 5. The summed E-state index contributed by atoms with van der Waals surface area (Å²) in [6.45, 7) is 1.61. The predicted octanol–water partition coefficient (Wildman–Crippen LogP) is 3.89. The number of non-ortho nitro benzene ring substituents is 1. The number of nitro groups is 1. The van der Waals surface area contributed by atoms with Gasteiger partial charge in [-0.15, -0.1) is 0 Å². The lowest BCUT2D eigenvalue weighted by Crippen LogP contribution is -1.96. The molecule has 0 saturated heterocycles. The minimum atomic E-state index is -0.596. The van der Waals surface area contributed by atoms with E-state index < -0.39 is 4.92 Å². The molecule has 0 radical (unpaired) electrons. The number of nitro benzene ring substituents is 1. The molecule has 1 N–H and O–H groups in total. The normalized spacial score (nSPS) is 10.5. The first-order chi connectivity index (χ1) is 9.92. The molecule has 0 amide bonds. The highest BCUT2D eigenvalue weighted by atomic mass is 35.5. The molecule has 0 bridgehead atoms. The molecule has 110 valence electrons. The quantitative estimate of drug-likeness (QED) is 0.679. The fourth-order valence-corrected chi connectivity index (χ4v) is 2.21. The largest absolute Gasteiger partial charge is 0.436 e. The van der Waals surface area contributed by atoms with E-state index >= 15 is 0 Å². The van der Waals surface area contributed by atoms with E-state index in [9.17, 15) is 10.1 Å². The molecule has 8 heteroatoms. The lowest BCUT2D eigenvalue weighted by atomic mass is 10.2. The first-order valence-electron chi connectivity index (χ1n) is 5.80. The second-order valence-electron chi connectivity index (χ2n) is 4.22. The summed E-state index contributed by atoms with van der Waals surface area (Å²) in [4.78, 5) is 14.2. The molecule has 0 spiro atoms. The van der Waals surface area contributed by atoms with E-state index in [-0.39, 0.29) is 34.0 Å². The van der Waals surface area contributed by atoms with Crippen LogP contribution in [0.5, 0.6) is 11.6 Å². The molecule has 0 aliphatic rings. The van der Waals surface area contributed by atoms with Gasteiger partial charge in [-0.25, -0.2) is 4.98 Å². The van der Waals surface area contributed by atoms with Gasteiger partial charge >= 0.3 is 0 Å². The summed E-state index contributed by atoms with van der Waals surface area (Å²) in [7, 11) is 0. The van der Waals surface area contributed by atoms with Crippen molar-refractivity contribution >= 4 is 28.9 Å². The van der Waals surface area contributed by atoms with E-state index in [1.165, 1.54) is 6.20 Å². The van der Waals surface area contributed by atoms with Gasteiger partial charge < -0.3 is 9.84 Å². The molecule has 6 nitrogen and oxygen atoms in total. The van der Waals surface area contributed by atoms with Crippen molar-refractivity contribution in [2.45, 2.75) is 13.5 Å². The number of benzene rings is 1. The first-order valence-corrected chi connectivity index (χ1v) is 6.55. The number of aliphatic hydroxyl groups is 1. The summed E-state index contributed by atoms with van der Waals surface area (Å²) in [5, 5.41) is 19.8. The molecular formula is C13H10Cl2N2O4. The third-order valence-electron chi connectivity index (χ3n) is 2.66. The van der Waals surface area contributed by atoms with Crippen molar-refractivity contribution in [1.82, 2.24) is 4.98 Å². The number of ether oxygens (including phenoxy) is 1. The molecule has 0 aliphatic heterocycles. The van der Waals surface area contributed by atoms with E-state index in [0.29, 0.717) is 11.1 Å². The Balaban J connectivity index is 2.38. The Morgan fingerprint density at radius 2 is 1.95 bits per heavy atom. The number of rotatable bonds is 4. The van der Waals surface area contributed by atoms with Gasteiger partial charge in [-0.1, -0.05) is 23.2 Å². The summed E-state index contributed by atoms with van der Waals surface area (Å²) < 4.78 is 5.53. The maximum absolute atomic E-state index is 10.7. The standard InChI is InChI=1S/C13H10Cl2N2O4/c1-7-2-8(6-18)5-16-13(7)21-12-10(14)3-9(17(19)20)4-11(12)15/h2-5,18H,6H2,1H3. The molecule has 2 aromatic rings. The van der Waals surface area contributed by atoms with Crippen LogP contribution in [0.3, 0.4) is 0 Å². The zero-order valence-electron chi connectivity index (χ0n) is 10.8. The molecular weight excluding hydrogens is 319 g/mol. The van der Waals surface area contributed by atoms with E-state index in [2.05, 4.69) is 4.98 Å². The highest BCUT2D eigenvalue weighted by Gasteiger charge is 2.17. The summed E-state index contributed by atoms with van der Waals surface area (Å²) in [5.41, 5.74) is 1.09. The second kappa shape index (κ2) is 6.26. The van der Waals surface area contributed by atoms with Crippen molar-refractivity contribution in [3.05, 3.63) is 55.7 Å². The predicted molar refractivity (Wildman–Crippen MR) is 78.1 cm³/mol. The Kier molecular flexibility index (Phi) is 4.62. The molecule has 0 unspecified atom stereocenters. The second-order valence-corrected chi connectivity index (χ2v) is 5.04. The van der Waals surface area contributed by atoms with Crippen LogP contribution < -0.4 is 4.74 Å². The fraction of sp³-hybridized carbons (Fsp3) is 0.154. The van der Waals surface area contributed by atoms with Crippen molar-refractivity contribution in [2.75, 3.05) is 0 Å². The maximum atomic E-state index is 10.7. The van der Waals surface area contributed by atoms with Gasteiger partial charge in [0.05, 0.1) is 21.6 Å². The third-order valence-corrected chi connectivity index (χ3v) is 3.22. The molecule has 0 fully saturated rings. The van der Waals surface area contributed by atoms with Gasteiger partial charge in [0.15, 0.2) is 5.75 Å². The Morgan fingerprint density at radius 3 is 2.43 bits per heavy atom. The van der Waals surface area contributed by atoms with Gasteiger partial charge in [-0.05, 0) is 18.6 Å². The number of aliphatic hydroxyl groups excluding tert-OH is 1. The first kappa shape index (κ1) is 15.5. The molecule has 1 aromatic heterocycles. The van der Waals surface area contributed by atoms with Crippen LogP contribution in [0.1, 0.15) is 11.1 Å². The highest BCUT2D eigenvalue weighted by molar-refractivity contribution is 6.37. The van der Waals surface area contributed by atoms with Gasteiger partial charge in [-0.3, -0.25) is 10.1 Å². The van der Waals surface area contributed by atoms with Crippen molar-refractivity contribution < 1.29 is 14.8 Å². The smallest absolute Gasteiger partial charge is 0.272 e. The molecule has 21 heavy (non-hydrogen) atoms. The van der Waals surface area contributed by atoms with E-state index in [4.69, 9.17) is 33.0 Å². The van der Waals surface area contributed by atoms with E-state index in [0.717, 1.165) is 12.1 Å². The van der Waals surface area contributed by atoms with Gasteiger partial charge in [0, 0.05) is 23.9 Å². The summed E-state index contributed by atoms with van der Waals surface area (Å²) >= 11 is 11.9. The number of nitrogens with zero attached hydrogens (tertiary/aromatic N) is 2. The molecule has 1 aromatic carbocycles. The van der Waals surface area contributed by atoms with Crippen LogP contribution in [0.25, 0.3) is 0 Å². The Morgan fingerprint density at radius 1 is 1.33 bits per heavy atom. The minimum absolute atomic E-state index is 0.0154. The number of halogens is 2. The number of aryl methyl sites for hydroxylation is 1. The van der Waals surface area contributed by atoms with Crippen molar-refractivity contribution in [2.24, 2.45) is 0 Å². The average molecular weight is 329 g/mol. The van der Waals surface area contributed by atoms with Crippen LogP contribution in [0.15, 0.2) is 24.4 Å². The number of aromatic nitrogens is 1. The SMILES string of the molecule is Cc1cc(CO)cnc1Oc1c(Cl)cc([N+](=O)[O-])cc1Cl. The van der Waals surface area contributed by atoms with E-state index in [1.807, 2.05) is 0 Å². The maximum Gasteiger partial charge on any atom is 0.272 e. The lowest BCUT2D eigenvalue weighted by Gasteiger charge is -2.11. The highest BCUT2D eigenvalue weighted by Crippen LogP contribution is 2.39. The van der Waals surface area contributed by atoms with Gasteiger partial charge in [0.2, 0.25) is 5.88 Å². The Labute approximate surface area is 130 Å². The van der Waals surface area contributed by atoms with E-state index in [1.54, 1.807) is 13.0 Å². The molecule has 0 aliphatic carbocycles. The van der Waals surface area contributed by atoms with Crippen LogP contribution in [0, 0.1) is 17.0 Å². The van der Waals surface area contributed by atoms with Crippen molar-refractivity contribution in [3.8, 4) is 11.6 Å². The number of hydrogen-bond donors (Lipinski definition) is 1. The average Bonchev–Trinajstić information content (AvgIpc) is 2.43. The van der Waals surface area contributed by atoms with Gasteiger partial charge in [0.1, 0.15) is 0 Å². The molecule has 0 atom stereocenters. The summed E-state index contributed by atoms with van der Waals surface area (Å²) in [5.74, 6) is 0.348. The van der Waals surface area contributed by atoms with Crippen molar-refractivity contribution in [3.63, 3.8) is 0 Å². The molecule has 0 saturated carbocycles. The fourth-order valence-electron chi connectivity index (χ4n) is 1.66. The van der Waals surface area contributed by atoms with Crippen LogP contribution in [0.2, 0.25) is 10.0 Å². The Bertz CT molecular complexity index is 684. The van der Waals surface area contributed by atoms with Gasteiger partial charge in [-0.2, -0.15) is 0 Å². The lowest BCUT2D eigenvalue weighted by molar-refractivity contribution is -0.384. The van der Waals surface area contributed by atoms with Crippen molar-refractivity contribution in [1.29, 1.82) is 0 Å². The minimum Gasteiger partial charge on any atom is -0.436 e. The summed E-state index contributed by atoms with van der Waals surface area (Å²) in [6.07, 6.45) is 1.45. The monoisotopic (exact) mass is 328 g/mol. The zero-order chi connectivity index (χ0) is 15.6. The van der Waals surface area contributed by atoms with Crippen LogP contribution in [-0.4, -0.2) is 15.0 Å². The molecule has 1 heterocycles. The summed E-state index contributed by atoms with van der Waals surface area (Å²) in [6, 6.07) is 4.01. The third kappa shape index (κ3) is 3.41. The van der Waals surface area contributed by atoms with Crippen LogP contribution in [0.4, 0.5) is 5.69 Å². The van der Waals surface area contributed by atoms with Gasteiger partial charge in [0.25, 0.3) is 5.69 Å². The molecule has 2 rings (SSSR count). The zero-order valence-corrected chi connectivity index (χ0v) is 12.4. The topological polar surface area (TPSA) is 85.5 Å². The number of pyridine rings is 1.